The monoisotopic (exact) mass is 300 g/mol. The third kappa shape index (κ3) is 2.96. The van der Waals surface area contributed by atoms with Crippen LogP contribution in [-0.4, -0.2) is 39.6 Å². The topological polar surface area (TPSA) is 49.4 Å². The van der Waals surface area contributed by atoms with Gasteiger partial charge in [0, 0.05) is 18.6 Å². The lowest BCUT2D eigenvalue weighted by atomic mass is 10.0. The van der Waals surface area contributed by atoms with Crippen molar-refractivity contribution in [2.75, 3.05) is 30.0 Å². The van der Waals surface area contributed by atoms with Crippen molar-refractivity contribution < 1.29 is 12.8 Å². The Hall–Kier alpha value is -1.14. The molecule has 0 aromatic heterocycles. The number of nitrogens with one attached hydrogen (secondary N) is 1. The van der Waals surface area contributed by atoms with Gasteiger partial charge in [-0.2, -0.15) is 0 Å². The quantitative estimate of drug-likeness (QED) is 0.923. The summed E-state index contributed by atoms with van der Waals surface area (Å²) in [7, 11) is -1.18. The Bertz CT molecular complexity index is 589. The van der Waals surface area contributed by atoms with E-state index in [-0.39, 0.29) is 29.4 Å². The van der Waals surface area contributed by atoms with Gasteiger partial charge in [0.15, 0.2) is 9.84 Å². The summed E-state index contributed by atoms with van der Waals surface area (Å²) in [5.74, 6) is -0.135. The number of hydrogen-bond acceptors (Lipinski definition) is 4. The Balaban J connectivity index is 2.42. The number of hydrogen-bond donors (Lipinski definition) is 1. The molecule has 0 saturated carbocycles. The summed E-state index contributed by atoms with van der Waals surface area (Å²) in [6, 6.07) is 4.79. The van der Waals surface area contributed by atoms with Crippen LogP contribution in [0, 0.1) is 5.82 Å². The van der Waals surface area contributed by atoms with Gasteiger partial charge >= 0.3 is 0 Å². The molecule has 2 rings (SSSR count). The SMILES string of the molecule is CNC(C)c1cccc(F)c1N1CCS(=O)(=O)CC1C. The van der Waals surface area contributed by atoms with Gasteiger partial charge in [0.1, 0.15) is 5.82 Å². The maximum atomic E-state index is 14.3. The van der Waals surface area contributed by atoms with Crippen LogP contribution in [0.15, 0.2) is 18.2 Å². The fourth-order valence-electron chi connectivity index (χ4n) is 2.67. The van der Waals surface area contributed by atoms with Gasteiger partial charge in [-0.1, -0.05) is 12.1 Å². The molecule has 2 unspecified atom stereocenters. The zero-order chi connectivity index (χ0) is 14.9. The lowest BCUT2D eigenvalue weighted by Gasteiger charge is -2.37. The van der Waals surface area contributed by atoms with Gasteiger partial charge < -0.3 is 10.2 Å². The van der Waals surface area contributed by atoms with Crippen LogP contribution in [-0.2, 0) is 9.84 Å². The summed E-state index contributed by atoms with van der Waals surface area (Å²) in [6.07, 6.45) is 0. The molecular formula is C14H21FN2O2S. The first kappa shape index (κ1) is 15.3. The van der Waals surface area contributed by atoms with Crippen molar-refractivity contribution in [1.82, 2.24) is 5.32 Å². The maximum Gasteiger partial charge on any atom is 0.154 e. The van der Waals surface area contributed by atoms with E-state index in [9.17, 15) is 12.8 Å². The Labute approximate surface area is 119 Å². The second kappa shape index (κ2) is 5.69. The van der Waals surface area contributed by atoms with Crippen LogP contribution in [0.5, 0.6) is 0 Å². The normalized spacial score (nSPS) is 23.6. The molecule has 0 amide bonds. The molecule has 6 heteroatoms. The zero-order valence-corrected chi connectivity index (χ0v) is 12.9. The van der Waals surface area contributed by atoms with Gasteiger partial charge in [-0.05, 0) is 32.5 Å². The molecular weight excluding hydrogens is 279 g/mol. The van der Waals surface area contributed by atoms with E-state index in [1.165, 1.54) is 6.07 Å². The van der Waals surface area contributed by atoms with Crippen molar-refractivity contribution in [3.8, 4) is 0 Å². The van der Waals surface area contributed by atoms with Crippen molar-refractivity contribution in [1.29, 1.82) is 0 Å². The molecule has 1 N–H and O–H groups in total. The highest BCUT2D eigenvalue weighted by molar-refractivity contribution is 7.91. The predicted molar refractivity (Wildman–Crippen MR) is 79.3 cm³/mol. The van der Waals surface area contributed by atoms with E-state index in [1.807, 2.05) is 31.9 Å². The van der Waals surface area contributed by atoms with Gasteiger partial charge in [0.05, 0.1) is 17.2 Å². The molecule has 1 saturated heterocycles. The third-order valence-corrected chi connectivity index (χ3v) is 5.67. The molecule has 1 aromatic carbocycles. The Kier molecular flexibility index (Phi) is 4.34. The molecule has 1 fully saturated rings. The molecule has 4 nitrogen and oxygen atoms in total. The first-order chi connectivity index (χ1) is 9.35. The Morgan fingerprint density at radius 1 is 1.45 bits per heavy atom. The van der Waals surface area contributed by atoms with Gasteiger partial charge in [0.25, 0.3) is 0 Å². The largest absolute Gasteiger partial charge is 0.364 e. The smallest absolute Gasteiger partial charge is 0.154 e. The summed E-state index contributed by atoms with van der Waals surface area (Å²) >= 11 is 0. The van der Waals surface area contributed by atoms with Crippen molar-refractivity contribution in [3.63, 3.8) is 0 Å². The van der Waals surface area contributed by atoms with Gasteiger partial charge in [-0.15, -0.1) is 0 Å². The van der Waals surface area contributed by atoms with Gasteiger partial charge in [-0.25, -0.2) is 12.8 Å². The average molecular weight is 300 g/mol. The van der Waals surface area contributed by atoms with E-state index < -0.39 is 9.84 Å². The van der Waals surface area contributed by atoms with Crippen LogP contribution in [0.2, 0.25) is 0 Å². The number of nitrogens with zero attached hydrogens (tertiary/aromatic N) is 1. The molecule has 1 aliphatic heterocycles. The van der Waals surface area contributed by atoms with Crippen molar-refractivity contribution in [2.24, 2.45) is 0 Å². The van der Waals surface area contributed by atoms with Gasteiger partial charge in [0.2, 0.25) is 0 Å². The predicted octanol–water partition coefficient (Wildman–Crippen LogP) is 1.73. The summed E-state index contributed by atoms with van der Waals surface area (Å²) < 4.78 is 37.6. The lowest BCUT2D eigenvalue weighted by molar-refractivity contribution is 0.552. The van der Waals surface area contributed by atoms with Crippen LogP contribution in [0.4, 0.5) is 10.1 Å². The fraction of sp³-hybridized carbons (Fsp3) is 0.571. The molecule has 1 aromatic rings. The van der Waals surface area contributed by atoms with Crippen LogP contribution in [0.3, 0.4) is 0 Å². The zero-order valence-electron chi connectivity index (χ0n) is 12.1. The van der Waals surface area contributed by atoms with Crippen molar-refractivity contribution in [2.45, 2.75) is 25.9 Å². The first-order valence-electron chi connectivity index (χ1n) is 6.78. The Morgan fingerprint density at radius 3 is 2.75 bits per heavy atom. The van der Waals surface area contributed by atoms with Crippen molar-refractivity contribution >= 4 is 15.5 Å². The molecule has 1 heterocycles. The average Bonchev–Trinajstić information content (AvgIpc) is 2.38. The third-order valence-electron chi connectivity index (χ3n) is 3.88. The highest BCUT2D eigenvalue weighted by Crippen LogP contribution is 2.32. The van der Waals surface area contributed by atoms with E-state index in [0.717, 1.165) is 5.56 Å². The number of sulfone groups is 1. The van der Waals surface area contributed by atoms with Crippen LogP contribution < -0.4 is 10.2 Å². The van der Waals surface area contributed by atoms with E-state index in [0.29, 0.717) is 12.2 Å². The molecule has 0 spiro atoms. The highest BCUT2D eigenvalue weighted by Gasteiger charge is 2.31. The molecule has 0 aliphatic carbocycles. The van der Waals surface area contributed by atoms with E-state index in [2.05, 4.69) is 5.32 Å². The number of benzene rings is 1. The first-order valence-corrected chi connectivity index (χ1v) is 8.60. The second-order valence-corrected chi connectivity index (χ2v) is 7.57. The molecule has 0 bridgehead atoms. The molecule has 0 radical (unpaired) electrons. The molecule has 2 atom stereocenters. The van der Waals surface area contributed by atoms with Crippen LogP contribution in [0.1, 0.15) is 25.5 Å². The second-order valence-electron chi connectivity index (χ2n) is 5.34. The summed E-state index contributed by atoms with van der Waals surface area (Å²) in [4.78, 5) is 1.87. The summed E-state index contributed by atoms with van der Waals surface area (Å²) in [5.41, 5.74) is 1.38. The van der Waals surface area contributed by atoms with Crippen molar-refractivity contribution in [3.05, 3.63) is 29.6 Å². The Morgan fingerprint density at radius 2 is 2.15 bits per heavy atom. The minimum atomic E-state index is -3.00. The minimum absolute atomic E-state index is 0.00596. The number of para-hydroxylation sites is 1. The number of rotatable bonds is 3. The molecule has 1 aliphatic rings. The molecule has 20 heavy (non-hydrogen) atoms. The standard InChI is InChI=1S/C14H21FN2O2S/c1-10-9-20(18,19)8-7-17(10)14-12(11(2)16-3)5-4-6-13(14)15/h4-6,10-11,16H,7-9H2,1-3H3. The fourth-order valence-corrected chi connectivity index (χ4v) is 4.23. The highest BCUT2D eigenvalue weighted by atomic mass is 32.2. The van der Waals surface area contributed by atoms with Gasteiger partial charge in [-0.3, -0.25) is 0 Å². The van der Waals surface area contributed by atoms with Crippen LogP contribution in [0.25, 0.3) is 0 Å². The van der Waals surface area contributed by atoms with E-state index >= 15 is 0 Å². The number of halogens is 1. The number of anilines is 1. The minimum Gasteiger partial charge on any atom is -0.364 e. The molecule has 112 valence electrons. The van der Waals surface area contributed by atoms with E-state index in [1.54, 1.807) is 6.07 Å². The van der Waals surface area contributed by atoms with E-state index in [4.69, 9.17) is 0 Å². The maximum absolute atomic E-state index is 14.3. The lowest BCUT2D eigenvalue weighted by Crippen LogP contribution is -2.48. The van der Waals surface area contributed by atoms with Crippen LogP contribution >= 0.6 is 0 Å². The summed E-state index contributed by atoms with van der Waals surface area (Å²) in [5, 5.41) is 3.11. The summed E-state index contributed by atoms with van der Waals surface area (Å²) in [6.45, 7) is 4.13.